The minimum Gasteiger partial charge on any atom is -0.490 e. The highest BCUT2D eigenvalue weighted by atomic mass is 16.5. The summed E-state index contributed by atoms with van der Waals surface area (Å²) in [5.74, 6) is 2.50. The molecule has 1 aliphatic heterocycles. The van der Waals surface area contributed by atoms with Gasteiger partial charge in [-0.25, -0.2) is 0 Å². The minimum atomic E-state index is 0.686. The lowest BCUT2D eigenvalue weighted by Crippen LogP contribution is -2.12. The van der Waals surface area contributed by atoms with E-state index < -0.39 is 0 Å². The van der Waals surface area contributed by atoms with Crippen molar-refractivity contribution in [3.8, 4) is 11.5 Å². The Labute approximate surface area is 117 Å². The maximum absolute atomic E-state index is 5.68. The molecule has 2 heterocycles. The molecule has 0 amide bonds. The summed E-state index contributed by atoms with van der Waals surface area (Å²) >= 11 is 0. The Morgan fingerprint density at radius 3 is 2.75 bits per heavy atom. The normalized spacial score (nSPS) is 14.1. The standard InChI is InChI=1S/C15H18N2O3/c1-11-7-13(17-20-11)10-16-9-12-3-4-14-15(8-12)19-6-2-5-18-14/h3-4,7-8,16H,2,5-6,9-10H2,1H3. The van der Waals surface area contributed by atoms with E-state index in [2.05, 4.69) is 16.5 Å². The summed E-state index contributed by atoms with van der Waals surface area (Å²) in [6, 6.07) is 7.98. The molecule has 0 spiro atoms. The molecule has 0 saturated heterocycles. The molecule has 0 aliphatic carbocycles. The maximum atomic E-state index is 5.68. The fourth-order valence-electron chi connectivity index (χ4n) is 2.15. The van der Waals surface area contributed by atoms with Gasteiger partial charge in [0, 0.05) is 25.6 Å². The van der Waals surface area contributed by atoms with E-state index in [0.29, 0.717) is 13.2 Å². The molecule has 0 bridgehead atoms. The molecule has 0 atom stereocenters. The minimum absolute atomic E-state index is 0.686. The Morgan fingerprint density at radius 2 is 1.95 bits per heavy atom. The van der Waals surface area contributed by atoms with Crippen LogP contribution in [-0.4, -0.2) is 18.4 Å². The van der Waals surface area contributed by atoms with Crippen molar-refractivity contribution in [3.63, 3.8) is 0 Å². The van der Waals surface area contributed by atoms with Crippen molar-refractivity contribution < 1.29 is 14.0 Å². The zero-order valence-electron chi connectivity index (χ0n) is 11.5. The number of ether oxygens (including phenoxy) is 2. The molecule has 0 fully saturated rings. The third-order valence-corrected chi connectivity index (χ3v) is 3.12. The van der Waals surface area contributed by atoms with Crippen LogP contribution in [0, 0.1) is 6.92 Å². The molecule has 2 aromatic rings. The van der Waals surface area contributed by atoms with Crippen molar-refractivity contribution in [2.24, 2.45) is 0 Å². The second-order valence-corrected chi connectivity index (χ2v) is 4.86. The van der Waals surface area contributed by atoms with Gasteiger partial charge in [-0.2, -0.15) is 0 Å². The molecule has 5 heteroatoms. The monoisotopic (exact) mass is 274 g/mol. The average Bonchev–Trinajstić information content (AvgIpc) is 2.73. The molecule has 1 aliphatic rings. The van der Waals surface area contributed by atoms with Crippen LogP contribution in [0.25, 0.3) is 0 Å². The van der Waals surface area contributed by atoms with Crippen LogP contribution >= 0.6 is 0 Å². The molecule has 20 heavy (non-hydrogen) atoms. The van der Waals surface area contributed by atoms with Crippen LogP contribution in [0.1, 0.15) is 23.4 Å². The first kappa shape index (κ1) is 13.0. The van der Waals surface area contributed by atoms with Gasteiger partial charge in [0.05, 0.1) is 18.9 Å². The van der Waals surface area contributed by atoms with Gasteiger partial charge in [-0.1, -0.05) is 11.2 Å². The van der Waals surface area contributed by atoms with Crippen LogP contribution in [-0.2, 0) is 13.1 Å². The predicted octanol–water partition coefficient (Wildman–Crippen LogP) is 2.43. The van der Waals surface area contributed by atoms with Gasteiger partial charge in [-0.15, -0.1) is 0 Å². The number of benzene rings is 1. The van der Waals surface area contributed by atoms with E-state index in [4.69, 9.17) is 14.0 Å². The fourth-order valence-corrected chi connectivity index (χ4v) is 2.15. The smallest absolute Gasteiger partial charge is 0.161 e. The molecule has 1 N–H and O–H groups in total. The highest BCUT2D eigenvalue weighted by Crippen LogP contribution is 2.30. The van der Waals surface area contributed by atoms with Gasteiger partial charge in [0.1, 0.15) is 5.76 Å². The van der Waals surface area contributed by atoms with Crippen LogP contribution in [0.5, 0.6) is 11.5 Å². The van der Waals surface area contributed by atoms with E-state index >= 15 is 0 Å². The Balaban J connectivity index is 1.59. The lowest BCUT2D eigenvalue weighted by atomic mass is 10.2. The third-order valence-electron chi connectivity index (χ3n) is 3.12. The number of nitrogens with zero attached hydrogens (tertiary/aromatic N) is 1. The molecule has 1 aromatic carbocycles. The first-order chi connectivity index (χ1) is 9.81. The van der Waals surface area contributed by atoms with E-state index in [0.717, 1.165) is 48.1 Å². The molecule has 3 rings (SSSR count). The van der Waals surface area contributed by atoms with Crippen LogP contribution in [0.2, 0.25) is 0 Å². The highest BCUT2D eigenvalue weighted by Gasteiger charge is 2.10. The largest absolute Gasteiger partial charge is 0.490 e. The molecule has 0 radical (unpaired) electrons. The van der Waals surface area contributed by atoms with Crippen molar-refractivity contribution in [2.75, 3.05) is 13.2 Å². The topological polar surface area (TPSA) is 56.5 Å². The van der Waals surface area contributed by atoms with Crippen molar-refractivity contribution in [1.82, 2.24) is 10.5 Å². The zero-order chi connectivity index (χ0) is 13.8. The summed E-state index contributed by atoms with van der Waals surface area (Å²) in [5, 5.41) is 7.28. The maximum Gasteiger partial charge on any atom is 0.161 e. The Morgan fingerprint density at radius 1 is 1.10 bits per heavy atom. The lowest BCUT2D eigenvalue weighted by molar-refractivity contribution is 0.297. The molecule has 1 aromatic heterocycles. The third kappa shape index (κ3) is 3.11. The molecule has 106 valence electrons. The second kappa shape index (κ2) is 5.96. The SMILES string of the molecule is Cc1cc(CNCc2ccc3c(c2)OCCCO3)no1. The van der Waals surface area contributed by atoms with Gasteiger partial charge < -0.3 is 19.3 Å². The number of fused-ring (bicyclic) bond motifs is 1. The van der Waals surface area contributed by atoms with E-state index in [1.807, 2.05) is 25.1 Å². The Bertz CT molecular complexity index is 580. The molecule has 0 unspecified atom stereocenters. The van der Waals surface area contributed by atoms with Crippen LogP contribution in [0.15, 0.2) is 28.8 Å². The van der Waals surface area contributed by atoms with Crippen LogP contribution in [0.4, 0.5) is 0 Å². The summed E-state index contributed by atoms with van der Waals surface area (Å²) < 4.78 is 16.3. The number of aromatic nitrogens is 1. The first-order valence-electron chi connectivity index (χ1n) is 6.83. The van der Waals surface area contributed by atoms with E-state index in [1.165, 1.54) is 0 Å². The zero-order valence-corrected chi connectivity index (χ0v) is 11.5. The van der Waals surface area contributed by atoms with Gasteiger partial charge in [0.25, 0.3) is 0 Å². The van der Waals surface area contributed by atoms with E-state index in [1.54, 1.807) is 0 Å². The van der Waals surface area contributed by atoms with Gasteiger partial charge in [0.15, 0.2) is 11.5 Å². The number of rotatable bonds is 4. The molecular weight excluding hydrogens is 256 g/mol. The molecule has 0 saturated carbocycles. The first-order valence-corrected chi connectivity index (χ1v) is 6.83. The summed E-state index contributed by atoms with van der Waals surface area (Å²) in [6.07, 6.45) is 0.924. The van der Waals surface area contributed by atoms with Crippen molar-refractivity contribution >= 4 is 0 Å². The van der Waals surface area contributed by atoms with Crippen LogP contribution in [0.3, 0.4) is 0 Å². The quantitative estimate of drug-likeness (QED) is 0.928. The fraction of sp³-hybridized carbons (Fsp3) is 0.400. The average molecular weight is 274 g/mol. The van der Waals surface area contributed by atoms with Crippen LogP contribution < -0.4 is 14.8 Å². The lowest BCUT2D eigenvalue weighted by Gasteiger charge is -2.09. The van der Waals surface area contributed by atoms with Crippen molar-refractivity contribution in [1.29, 1.82) is 0 Å². The Kier molecular flexibility index (Phi) is 3.87. The second-order valence-electron chi connectivity index (χ2n) is 4.86. The van der Waals surface area contributed by atoms with Gasteiger partial charge in [0.2, 0.25) is 0 Å². The van der Waals surface area contributed by atoms with Gasteiger partial charge in [-0.05, 0) is 24.6 Å². The highest BCUT2D eigenvalue weighted by molar-refractivity contribution is 5.43. The summed E-state index contributed by atoms with van der Waals surface area (Å²) in [4.78, 5) is 0. The Hall–Kier alpha value is -2.01. The number of aryl methyl sites for hydroxylation is 1. The van der Waals surface area contributed by atoms with E-state index in [9.17, 15) is 0 Å². The number of nitrogens with one attached hydrogen (secondary N) is 1. The van der Waals surface area contributed by atoms with E-state index in [-0.39, 0.29) is 0 Å². The van der Waals surface area contributed by atoms with Gasteiger partial charge >= 0.3 is 0 Å². The van der Waals surface area contributed by atoms with Crippen molar-refractivity contribution in [3.05, 3.63) is 41.3 Å². The summed E-state index contributed by atoms with van der Waals surface area (Å²) in [6.45, 7) is 4.76. The number of hydrogen-bond acceptors (Lipinski definition) is 5. The molecular formula is C15H18N2O3. The summed E-state index contributed by atoms with van der Waals surface area (Å²) in [5.41, 5.74) is 2.08. The number of hydrogen-bond donors (Lipinski definition) is 1. The van der Waals surface area contributed by atoms with Crippen molar-refractivity contribution in [2.45, 2.75) is 26.4 Å². The predicted molar refractivity (Wildman–Crippen MR) is 73.8 cm³/mol. The summed E-state index contributed by atoms with van der Waals surface area (Å²) in [7, 11) is 0. The van der Waals surface area contributed by atoms with Gasteiger partial charge in [-0.3, -0.25) is 0 Å². The molecule has 5 nitrogen and oxygen atoms in total.